The molecule has 0 saturated heterocycles. The predicted octanol–water partition coefficient (Wildman–Crippen LogP) is 2.15. The highest BCUT2D eigenvalue weighted by Crippen LogP contribution is 2.31. The molecule has 76 valence electrons. The van der Waals surface area contributed by atoms with E-state index in [1.165, 1.54) is 0 Å². The van der Waals surface area contributed by atoms with Gasteiger partial charge in [-0.15, -0.1) is 0 Å². The Labute approximate surface area is 80.3 Å². The molecule has 2 unspecified atom stereocenters. The lowest BCUT2D eigenvalue weighted by molar-refractivity contribution is -0.132. The third kappa shape index (κ3) is 2.80. The van der Waals surface area contributed by atoms with Gasteiger partial charge in [0.25, 0.3) is 0 Å². The van der Waals surface area contributed by atoms with Crippen molar-refractivity contribution in [2.75, 3.05) is 0 Å². The number of aliphatic hydroxyl groups excluding tert-OH is 1. The maximum absolute atomic E-state index is 11.9. The molecule has 1 N–H and O–H groups in total. The first-order valence-electron chi connectivity index (χ1n) is 5.13. The number of hydrogen-bond acceptors (Lipinski definition) is 2. The largest absolute Gasteiger partial charge is 0.393 e. The molecule has 1 aliphatic carbocycles. The molecule has 13 heavy (non-hydrogen) atoms. The average molecular weight is 184 g/mol. The van der Waals surface area contributed by atoms with E-state index in [0.717, 1.165) is 19.3 Å². The highest BCUT2D eigenvalue weighted by Gasteiger charge is 2.32. The molecule has 0 bridgehead atoms. The molecule has 0 heterocycles. The minimum absolute atomic E-state index is 0.101. The van der Waals surface area contributed by atoms with Crippen LogP contribution in [0.1, 0.15) is 46.5 Å². The van der Waals surface area contributed by atoms with Crippen LogP contribution in [0.5, 0.6) is 0 Å². The zero-order valence-electron chi connectivity index (χ0n) is 8.84. The Morgan fingerprint density at radius 3 is 2.38 bits per heavy atom. The van der Waals surface area contributed by atoms with Crippen molar-refractivity contribution in [1.29, 1.82) is 0 Å². The molecule has 2 heteroatoms. The van der Waals surface area contributed by atoms with Crippen molar-refractivity contribution in [1.82, 2.24) is 0 Å². The van der Waals surface area contributed by atoms with Gasteiger partial charge in [-0.05, 0) is 19.3 Å². The number of Topliss-reactive ketones (excluding diaryl/α,β-unsaturated/α-hetero) is 1. The monoisotopic (exact) mass is 184 g/mol. The number of ketones is 1. The third-order valence-electron chi connectivity index (χ3n) is 2.76. The molecule has 2 nitrogen and oxygen atoms in total. The van der Waals surface area contributed by atoms with Gasteiger partial charge >= 0.3 is 0 Å². The molecule has 1 saturated carbocycles. The van der Waals surface area contributed by atoms with E-state index in [2.05, 4.69) is 0 Å². The molecular weight excluding hydrogens is 164 g/mol. The molecular formula is C11H20O2. The van der Waals surface area contributed by atoms with Crippen LogP contribution in [0, 0.1) is 11.3 Å². The quantitative estimate of drug-likeness (QED) is 0.678. The van der Waals surface area contributed by atoms with E-state index in [0.29, 0.717) is 12.2 Å². The van der Waals surface area contributed by atoms with E-state index in [9.17, 15) is 9.90 Å². The van der Waals surface area contributed by atoms with Crippen molar-refractivity contribution in [3.8, 4) is 0 Å². The fourth-order valence-corrected chi connectivity index (χ4v) is 2.01. The second-order valence-electron chi connectivity index (χ2n) is 5.13. The second kappa shape index (κ2) is 3.79. The fourth-order valence-electron chi connectivity index (χ4n) is 2.01. The lowest BCUT2D eigenvalue weighted by Crippen LogP contribution is -2.33. The van der Waals surface area contributed by atoms with Crippen molar-refractivity contribution in [2.45, 2.75) is 52.6 Å². The van der Waals surface area contributed by atoms with Crippen LogP contribution in [0.15, 0.2) is 0 Å². The Balaban J connectivity index is 2.56. The van der Waals surface area contributed by atoms with Gasteiger partial charge in [0.05, 0.1) is 6.10 Å². The molecule has 1 aliphatic rings. The summed E-state index contributed by atoms with van der Waals surface area (Å²) in [6, 6.07) is 0. The predicted molar refractivity (Wildman–Crippen MR) is 52.4 cm³/mol. The molecule has 0 aromatic heterocycles. The third-order valence-corrected chi connectivity index (χ3v) is 2.76. The summed E-state index contributed by atoms with van der Waals surface area (Å²) in [4.78, 5) is 11.9. The molecule has 0 aliphatic heterocycles. The van der Waals surface area contributed by atoms with Gasteiger partial charge in [-0.1, -0.05) is 27.2 Å². The van der Waals surface area contributed by atoms with E-state index >= 15 is 0 Å². The Hall–Kier alpha value is -0.370. The molecule has 2 atom stereocenters. The lowest BCUT2D eigenvalue weighted by atomic mass is 9.75. The molecule has 0 aromatic rings. The van der Waals surface area contributed by atoms with Crippen LogP contribution in [0.3, 0.4) is 0 Å². The van der Waals surface area contributed by atoms with Gasteiger partial charge in [-0.3, -0.25) is 4.79 Å². The minimum atomic E-state index is -0.248. The number of rotatable bonds is 1. The second-order valence-corrected chi connectivity index (χ2v) is 5.13. The number of aliphatic hydroxyl groups is 1. The van der Waals surface area contributed by atoms with Crippen LogP contribution in [-0.4, -0.2) is 17.0 Å². The van der Waals surface area contributed by atoms with Crippen LogP contribution in [0.25, 0.3) is 0 Å². The first-order chi connectivity index (χ1) is 5.91. The number of carbonyl (C=O) groups is 1. The molecule has 0 radical (unpaired) electrons. The van der Waals surface area contributed by atoms with Crippen molar-refractivity contribution in [3.05, 3.63) is 0 Å². The van der Waals surface area contributed by atoms with Crippen molar-refractivity contribution < 1.29 is 9.90 Å². The van der Waals surface area contributed by atoms with E-state index < -0.39 is 0 Å². The first kappa shape index (κ1) is 10.7. The molecule has 0 amide bonds. The Morgan fingerprint density at radius 1 is 1.31 bits per heavy atom. The van der Waals surface area contributed by atoms with E-state index in [1.807, 2.05) is 20.8 Å². The van der Waals surface area contributed by atoms with Gasteiger partial charge in [0.2, 0.25) is 0 Å². The summed E-state index contributed by atoms with van der Waals surface area (Å²) in [6.45, 7) is 5.86. The van der Waals surface area contributed by atoms with Crippen molar-refractivity contribution in [3.63, 3.8) is 0 Å². The average Bonchev–Trinajstić information content (AvgIpc) is 2.01. The van der Waals surface area contributed by atoms with Crippen LogP contribution in [0.4, 0.5) is 0 Å². The van der Waals surface area contributed by atoms with Gasteiger partial charge in [0.15, 0.2) is 0 Å². The van der Waals surface area contributed by atoms with Crippen molar-refractivity contribution >= 4 is 5.78 Å². The summed E-state index contributed by atoms with van der Waals surface area (Å²) in [7, 11) is 0. The summed E-state index contributed by atoms with van der Waals surface area (Å²) in [5.41, 5.74) is -0.248. The zero-order valence-corrected chi connectivity index (χ0v) is 8.84. The molecule has 0 aromatic carbocycles. The summed E-state index contributed by atoms with van der Waals surface area (Å²) in [6.07, 6.45) is 3.26. The van der Waals surface area contributed by atoms with Crippen LogP contribution in [-0.2, 0) is 4.79 Å². The topological polar surface area (TPSA) is 37.3 Å². The normalized spacial score (nSPS) is 30.2. The Kier molecular flexibility index (Phi) is 3.12. The summed E-state index contributed by atoms with van der Waals surface area (Å²) < 4.78 is 0. The van der Waals surface area contributed by atoms with Gasteiger partial charge in [0.1, 0.15) is 5.78 Å². The lowest BCUT2D eigenvalue weighted by Gasteiger charge is -2.29. The van der Waals surface area contributed by atoms with Crippen LogP contribution in [0.2, 0.25) is 0 Å². The SMILES string of the molecule is CC(C)(C)C(=O)C1CCCC(O)C1. The van der Waals surface area contributed by atoms with Crippen LogP contribution >= 0.6 is 0 Å². The summed E-state index contributed by atoms with van der Waals surface area (Å²) >= 11 is 0. The van der Waals surface area contributed by atoms with Crippen molar-refractivity contribution in [2.24, 2.45) is 11.3 Å². The van der Waals surface area contributed by atoms with E-state index in [1.54, 1.807) is 0 Å². The number of hydrogen-bond donors (Lipinski definition) is 1. The molecule has 0 spiro atoms. The van der Waals surface area contributed by atoms with E-state index in [-0.39, 0.29) is 17.4 Å². The van der Waals surface area contributed by atoms with Gasteiger partial charge in [-0.25, -0.2) is 0 Å². The van der Waals surface area contributed by atoms with Gasteiger partial charge in [-0.2, -0.15) is 0 Å². The summed E-state index contributed by atoms with van der Waals surface area (Å²) in [5.74, 6) is 0.412. The van der Waals surface area contributed by atoms with Gasteiger partial charge < -0.3 is 5.11 Å². The maximum atomic E-state index is 11.9. The highest BCUT2D eigenvalue weighted by atomic mass is 16.3. The zero-order chi connectivity index (χ0) is 10.1. The Bertz CT molecular complexity index is 191. The smallest absolute Gasteiger partial charge is 0.141 e. The number of carbonyl (C=O) groups excluding carboxylic acids is 1. The standard InChI is InChI=1S/C11H20O2/c1-11(2,3)10(13)8-5-4-6-9(12)7-8/h8-9,12H,4-7H2,1-3H3. The fraction of sp³-hybridized carbons (Fsp3) is 0.909. The Morgan fingerprint density at radius 2 is 1.92 bits per heavy atom. The van der Waals surface area contributed by atoms with Crippen LogP contribution < -0.4 is 0 Å². The molecule has 1 fully saturated rings. The molecule has 1 rings (SSSR count). The van der Waals surface area contributed by atoms with E-state index in [4.69, 9.17) is 0 Å². The minimum Gasteiger partial charge on any atom is -0.393 e. The maximum Gasteiger partial charge on any atom is 0.141 e. The summed E-state index contributed by atoms with van der Waals surface area (Å²) in [5, 5.41) is 9.44. The first-order valence-corrected chi connectivity index (χ1v) is 5.13. The van der Waals surface area contributed by atoms with Gasteiger partial charge in [0, 0.05) is 11.3 Å². The highest BCUT2D eigenvalue weighted by molar-refractivity contribution is 5.86.